The molecule has 10 nitrogen and oxygen atoms in total. The highest BCUT2D eigenvalue weighted by molar-refractivity contribution is 5.69. The van der Waals surface area contributed by atoms with Gasteiger partial charge in [-0.25, -0.2) is 0 Å². The second kappa shape index (κ2) is 10.1. The predicted molar refractivity (Wildman–Crippen MR) is 89.2 cm³/mol. The van der Waals surface area contributed by atoms with Crippen molar-refractivity contribution in [1.82, 2.24) is 0 Å². The SMILES string of the molecule is CC(C)CC(=O)O[C@H]1[C@H](O)[C@H](O)[C@@H](O[C@H]2CC[C@@H](O)O[C@@H]2CO)O[C@@H]1CO. The molecule has 0 bridgehead atoms. The van der Waals surface area contributed by atoms with E-state index in [1.807, 2.05) is 13.8 Å². The zero-order valence-electron chi connectivity index (χ0n) is 15.5. The third kappa shape index (κ3) is 5.81. The lowest BCUT2D eigenvalue weighted by molar-refractivity contribution is -0.331. The third-order valence-corrected chi connectivity index (χ3v) is 4.60. The van der Waals surface area contributed by atoms with Gasteiger partial charge in [0, 0.05) is 12.8 Å². The summed E-state index contributed by atoms with van der Waals surface area (Å²) < 4.78 is 21.5. The van der Waals surface area contributed by atoms with Gasteiger partial charge in [0.25, 0.3) is 0 Å². The molecule has 10 heteroatoms. The van der Waals surface area contributed by atoms with Crippen molar-refractivity contribution in [3.8, 4) is 0 Å². The van der Waals surface area contributed by atoms with Gasteiger partial charge in [0.2, 0.25) is 0 Å². The molecule has 158 valence electrons. The van der Waals surface area contributed by atoms with E-state index in [-0.39, 0.29) is 18.8 Å². The van der Waals surface area contributed by atoms with Crippen LogP contribution in [0.2, 0.25) is 0 Å². The van der Waals surface area contributed by atoms with Crippen molar-refractivity contribution in [3.05, 3.63) is 0 Å². The van der Waals surface area contributed by atoms with Crippen molar-refractivity contribution < 1.29 is 49.3 Å². The topological polar surface area (TPSA) is 155 Å². The maximum absolute atomic E-state index is 11.9. The van der Waals surface area contributed by atoms with Crippen molar-refractivity contribution in [1.29, 1.82) is 0 Å². The molecule has 0 aromatic heterocycles. The Labute approximate surface area is 157 Å². The molecular weight excluding hydrogens is 364 g/mol. The zero-order valence-corrected chi connectivity index (χ0v) is 15.5. The Balaban J connectivity index is 2.02. The third-order valence-electron chi connectivity index (χ3n) is 4.60. The second-order valence-corrected chi connectivity index (χ2v) is 7.32. The molecule has 0 spiro atoms. The minimum atomic E-state index is -1.55. The van der Waals surface area contributed by atoms with Gasteiger partial charge in [-0.2, -0.15) is 0 Å². The molecule has 2 aliphatic heterocycles. The van der Waals surface area contributed by atoms with Crippen molar-refractivity contribution in [3.63, 3.8) is 0 Å². The molecule has 2 aliphatic rings. The molecule has 0 amide bonds. The van der Waals surface area contributed by atoms with Gasteiger partial charge in [-0.15, -0.1) is 0 Å². The number of hydrogen-bond acceptors (Lipinski definition) is 10. The Kier molecular flexibility index (Phi) is 8.38. The van der Waals surface area contributed by atoms with Crippen LogP contribution in [0.25, 0.3) is 0 Å². The summed E-state index contributed by atoms with van der Waals surface area (Å²) in [6.45, 7) is 2.69. The summed E-state index contributed by atoms with van der Waals surface area (Å²) in [5.41, 5.74) is 0. The van der Waals surface area contributed by atoms with Crippen LogP contribution in [0.5, 0.6) is 0 Å². The van der Waals surface area contributed by atoms with Crippen LogP contribution in [0.1, 0.15) is 33.1 Å². The molecule has 5 N–H and O–H groups in total. The van der Waals surface area contributed by atoms with Crippen molar-refractivity contribution >= 4 is 5.97 Å². The molecular formula is C17H30O10. The summed E-state index contributed by atoms with van der Waals surface area (Å²) >= 11 is 0. The van der Waals surface area contributed by atoms with Gasteiger partial charge >= 0.3 is 5.97 Å². The first kappa shape index (κ1) is 22.4. The van der Waals surface area contributed by atoms with E-state index >= 15 is 0 Å². The number of ether oxygens (including phenoxy) is 4. The Morgan fingerprint density at radius 2 is 1.70 bits per heavy atom. The maximum atomic E-state index is 11.9. The molecule has 0 aromatic rings. The zero-order chi connectivity index (χ0) is 20.1. The molecule has 2 rings (SSSR count). The number of aliphatic hydroxyl groups is 5. The van der Waals surface area contributed by atoms with Crippen LogP contribution in [-0.2, 0) is 23.7 Å². The molecule has 0 unspecified atom stereocenters. The number of esters is 1. The highest BCUT2D eigenvalue weighted by Crippen LogP contribution is 2.29. The smallest absolute Gasteiger partial charge is 0.306 e. The average molecular weight is 394 g/mol. The first-order valence-corrected chi connectivity index (χ1v) is 9.18. The molecule has 0 aromatic carbocycles. The lowest BCUT2D eigenvalue weighted by Gasteiger charge is -2.43. The highest BCUT2D eigenvalue weighted by Gasteiger charge is 2.48. The van der Waals surface area contributed by atoms with Crippen molar-refractivity contribution in [2.75, 3.05) is 13.2 Å². The van der Waals surface area contributed by atoms with Crippen LogP contribution < -0.4 is 0 Å². The van der Waals surface area contributed by atoms with Crippen LogP contribution in [0.3, 0.4) is 0 Å². The van der Waals surface area contributed by atoms with E-state index in [2.05, 4.69) is 0 Å². The van der Waals surface area contributed by atoms with Gasteiger partial charge < -0.3 is 44.5 Å². The summed E-state index contributed by atoms with van der Waals surface area (Å²) in [4.78, 5) is 11.9. The van der Waals surface area contributed by atoms with E-state index in [0.717, 1.165) is 0 Å². The number of carbonyl (C=O) groups is 1. The fourth-order valence-electron chi connectivity index (χ4n) is 3.18. The monoisotopic (exact) mass is 394 g/mol. The molecule has 2 fully saturated rings. The second-order valence-electron chi connectivity index (χ2n) is 7.32. The van der Waals surface area contributed by atoms with Crippen molar-refractivity contribution in [2.24, 2.45) is 5.92 Å². The van der Waals surface area contributed by atoms with E-state index < -0.39 is 68.4 Å². The minimum Gasteiger partial charge on any atom is -0.457 e. The molecule has 8 atom stereocenters. The van der Waals surface area contributed by atoms with E-state index in [1.165, 1.54) is 0 Å². The number of rotatable bonds is 7. The van der Waals surface area contributed by atoms with Gasteiger partial charge in [-0.1, -0.05) is 13.8 Å². The first-order chi connectivity index (χ1) is 12.8. The molecule has 0 saturated carbocycles. The van der Waals surface area contributed by atoms with E-state index in [1.54, 1.807) is 0 Å². The summed E-state index contributed by atoms with van der Waals surface area (Å²) in [7, 11) is 0. The lowest BCUT2D eigenvalue weighted by atomic mass is 9.98. The first-order valence-electron chi connectivity index (χ1n) is 9.18. The molecule has 0 radical (unpaired) electrons. The summed E-state index contributed by atoms with van der Waals surface area (Å²) in [6, 6.07) is 0. The fourth-order valence-corrected chi connectivity index (χ4v) is 3.18. The lowest BCUT2D eigenvalue weighted by Crippen LogP contribution is -2.61. The Morgan fingerprint density at radius 3 is 2.30 bits per heavy atom. The van der Waals surface area contributed by atoms with E-state index in [4.69, 9.17) is 18.9 Å². The van der Waals surface area contributed by atoms with Crippen LogP contribution in [0.4, 0.5) is 0 Å². The largest absolute Gasteiger partial charge is 0.457 e. The minimum absolute atomic E-state index is 0.0461. The van der Waals surface area contributed by atoms with E-state index in [0.29, 0.717) is 6.42 Å². The van der Waals surface area contributed by atoms with Gasteiger partial charge in [-0.3, -0.25) is 4.79 Å². The molecule has 27 heavy (non-hydrogen) atoms. The standard InChI is InChI=1S/C17H30O10/c1-8(2)5-13(21)27-16-11(7-19)26-17(15(23)14(16)22)25-9-3-4-12(20)24-10(9)6-18/h8-12,14-20,22-23H,3-7H2,1-2H3/t9-,10+,11+,12-,14+,15-,16+,17-/m0/s1. The summed E-state index contributed by atoms with van der Waals surface area (Å²) in [6.07, 6.45) is -8.53. The Bertz CT molecular complexity index is 471. The van der Waals surface area contributed by atoms with Gasteiger partial charge in [-0.05, 0) is 12.3 Å². The number of carbonyl (C=O) groups excluding carboxylic acids is 1. The maximum Gasteiger partial charge on any atom is 0.306 e. The molecule has 2 heterocycles. The highest BCUT2D eigenvalue weighted by atomic mass is 16.7. The Hall–Kier alpha value is -0.850. The average Bonchev–Trinajstić information content (AvgIpc) is 2.61. The van der Waals surface area contributed by atoms with Crippen molar-refractivity contribution in [2.45, 2.75) is 82.3 Å². The van der Waals surface area contributed by atoms with Crippen LogP contribution in [0, 0.1) is 5.92 Å². The fraction of sp³-hybridized carbons (Fsp3) is 0.941. The van der Waals surface area contributed by atoms with Gasteiger partial charge in [0.05, 0.1) is 19.3 Å². The summed E-state index contributed by atoms with van der Waals surface area (Å²) in [5, 5.41) is 49.1. The molecule has 2 saturated heterocycles. The Morgan fingerprint density at radius 1 is 1.04 bits per heavy atom. The van der Waals surface area contributed by atoms with Crippen LogP contribution in [0.15, 0.2) is 0 Å². The number of aliphatic hydroxyl groups excluding tert-OH is 5. The molecule has 0 aliphatic carbocycles. The number of hydrogen-bond donors (Lipinski definition) is 5. The predicted octanol–water partition coefficient (Wildman–Crippen LogP) is -1.74. The van der Waals surface area contributed by atoms with Crippen LogP contribution >= 0.6 is 0 Å². The van der Waals surface area contributed by atoms with Crippen LogP contribution in [-0.4, -0.2) is 93.9 Å². The summed E-state index contributed by atoms with van der Waals surface area (Å²) in [5.74, 6) is -0.525. The van der Waals surface area contributed by atoms with E-state index in [9.17, 15) is 30.3 Å². The van der Waals surface area contributed by atoms with Gasteiger partial charge in [0.15, 0.2) is 18.7 Å². The van der Waals surface area contributed by atoms with Gasteiger partial charge in [0.1, 0.15) is 24.4 Å². The quantitative estimate of drug-likeness (QED) is 0.314. The normalized spacial score (nSPS) is 40.1.